The number of rotatable bonds is 6. The van der Waals surface area contributed by atoms with Gasteiger partial charge in [0.05, 0.1) is 5.41 Å². The van der Waals surface area contributed by atoms with Crippen molar-refractivity contribution in [2.24, 2.45) is 27.8 Å². The molecule has 1 heterocycles. The van der Waals surface area contributed by atoms with Crippen LogP contribution in [0.4, 0.5) is 5.69 Å². The third-order valence-electron chi connectivity index (χ3n) is 11.2. The molecule has 3 fully saturated rings. The largest absolute Gasteiger partial charge is 0.458 e. The summed E-state index contributed by atoms with van der Waals surface area (Å²) in [5.74, 6) is 6.15. The van der Waals surface area contributed by atoms with E-state index in [1.165, 1.54) is 47.7 Å². The Labute approximate surface area is 248 Å². The lowest BCUT2D eigenvalue weighted by Crippen LogP contribution is -2.51. The number of anilines is 1. The van der Waals surface area contributed by atoms with Crippen molar-refractivity contribution in [2.75, 3.05) is 31.2 Å². The topological polar surface area (TPSA) is 96.3 Å². The first-order valence-electron chi connectivity index (χ1n) is 15.7. The molecule has 0 aromatic heterocycles. The number of allylic oxidation sites excluding steroid dienone is 3. The molecule has 2 saturated carbocycles. The summed E-state index contributed by atoms with van der Waals surface area (Å²) in [4.78, 5) is 39.6. The fraction of sp³-hybridized carbons (Fsp3) is 0.600. The highest BCUT2D eigenvalue weighted by molar-refractivity contribution is 5.91. The molecule has 1 saturated heterocycles. The lowest BCUT2D eigenvalue weighted by molar-refractivity contribution is -0.150. The van der Waals surface area contributed by atoms with Crippen LogP contribution in [0.25, 0.3) is 0 Å². The Balaban J connectivity index is 1.46. The smallest absolute Gasteiger partial charge is 0.303 e. The molecule has 1 N–H and O–H groups in total. The first-order chi connectivity index (χ1) is 20.3. The number of carbonyl (C=O) groups excluding carboxylic acids is 2. The van der Waals surface area contributed by atoms with Gasteiger partial charge in [0.15, 0.2) is 12.4 Å². The van der Waals surface area contributed by atoms with Gasteiger partial charge in [-0.15, -0.1) is 0 Å². The molecule has 2 unspecified atom stereocenters. The Morgan fingerprint density at radius 3 is 2.57 bits per heavy atom. The van der Waals surface area contributed by atoms with E-state index in [9.17, 15) is 19.6 Å². The van der Waals surface area contributed by atoms with Gasteiger partial charge < -0.3 is 14.7 Å². The normalized spacial score (nSPS) is 33.5. The molecular weight excluding hydrogens is 528 g/mol. The number of ether oxygens (including phenoxy) is 1. The van der Waals surface area contributed by atoms with E-state index in [1.54, 1.807) is 0 Å². The summed E-state index contributed by atoms with van der Waals surface area (Å²) >= 11 is 0. The maximum Gasteiger partial charge on any atom is 0.303 e. The minimum absolute atomic E-state index is 0.109. The number of hydrogen-bond donors (Lipinski definition) is 1. The monoisotopic (exact) mass is 570 g/mol. The summed E-state index contributed by atoms with van der Waals surface area (Å²) in [7, 11) is 0. The third kappa shape index (κ3) is 4.72. The Hall–Kier alpha value is -3.24. The van der Waals surface area contributed by atoms with Crippen LogP contribution in [0.15, 0.2) is 52.2 Å². The van der Waals surface area contributed by atoms with Crippen LogP contribution >= 0.6 is 0 Å². The molecule has 1 aromatic rings. The Morgan fingerprint density at radius 2 is 1.88 bits per heavy atom. The van der Waals surface area contributed by atoms with Gasteiger partial charge in [0.2, 0.25) is 0 Å². The zero-order chi connectivity index (χ0) is 29.5. The first kappa shape index (κ1) is 28.9. The van der Waals surface area contributed by atoms with Crippen LogP contribution in [0.5, 0.6) is 0 Å². The van der Waals surface area contributed by atoms with Crippen molar-refractivity contribution in [1.82, 2.24) is 0 Å². The summed E-state index contributed by atoms with van der Waals surface area (Å²) < 4.78 is 5.24. The van der Waals surface area contributed by atoms with Crippen molar-refractivity contribution in [3.63, 3.8) is 0 Å². The highest BCUT2D eigenvalue weighted by Crippen LogP contribution is 2.69. The number of fused-ring (bicyclic) bond motifs is 4. The van der Waals surface area contributed by atoms with Gasteiger partial charge in [-0.1, -0.05) is 47.7 Å². The van der Waals surface area contributed by atoms with Crippen molar-refractivity contribution in [1.29, 1.82) is 0 Å². The van der Waals surface area contributed by atoms with Crippen LogP contribution in [0.2, 0.25) is 0 Å². The molecule has 0 bridgehead atoms. The molecule has 6 atom stereocenters. The molecule has 0 amide bonds. The number of carbonyl (C=O) groups is 2. The predicted molar refractivity (Wildman–Crippen MR) is 162 cm³/mol. The van der Waals surface area contributed by atoms with E-state index < -0.39 is 16.8 Å². The first-order valence-corrected chi connectivity index (χ1v) is 15.7. The van der Waals surface area contributed by atoms with Gasteiger partial charge in [-0.3, -0.25) is 9.59 Å². The van der Waals surface area contributed by atoms with Gasteiger partial charge in [0, 0.05) is 31.6 Å². The number of aliphatic hydroxyl groups excluding tert-OH is 1. The van der Waals surface area contributed by atoms with Gasteiger partial charge in [0.1, 0.15) is 12.6 Å². The van der Waals surface area contributed by atoms with Gasteiger partial charge in [0.25, 0.3) is 0 Å². The fourth-order valence-corrected chi connectivity index (χ4v) is 9.29. The minimum atomic E-state index is -0.991. The second-order valence-electron chi connectivity index (χ2n) is 13.2. The number of ketones is 1. The summed E-state index contributed by atoms with van der Waals surface area (Å²) in [6.07, 6.45) is 10.3. The van der Waals surface area contributed by atoms with Crippen LogP contribution in [0.1, 0.15) is 83.1 Å². The van der Waals surface area contributed by atoms with Crippen molar-refractivity contribution >= 4 is 17.4 Å². The molecule has 7 nitrogen and oxygen atoms in total. The average molecular weight is 571 g/mol. The average Bonchev–Trinajstić information content (AvgIpc) is 3.65. The van der Waals surface area contributed by atoms with E-state index in [2.05, 4.69) is 59.2 Å². The number of aliphatic hydroxyl groups is 1. The third-order valence-corrected chi connectivity index (χ3v) is 11.2. The molecule has 1 aromatic carbocycles. The number of hydrogen-bond acceptors (Lipinski definition) is 7. The van der Waals surface area contributed by atoms with Crippen molar-refractivity contribution < 1.29 is 19.4 Å². The number of esters is 1. The number of Topliss-reactive ketones (excluding diaryl/α,β-unsaturated/α-hetero) is 1. The van der Waals surface area contributed by atoms with E-state index in [1.807, 2.05) is 0 Å². The lowest BCUT2D eigenvalue weighted by atomic mass is 9.48. The van der Waals surface area contributed by atoms with Gasteiger partial charge >= 0.3 is 5.97 Å². The van der Waals surface area contributed by atoms with Gasteiger partial charge in [-0.05, 0) is 104 Å². The van der Waals surface area contributed by atoms with Crippen LogP contribution in [-0.2, 0) is 14.3 Å². The molecule has 4 aliphatic carbocycles. The molecule has 6 rings (SSSR count). The van der Waals surface area contributed by atoms with Gasteiger partial charge in [-0.2, -0.15) is 4.91 Å². The second-order valence-corrected chi connectivity index (χ2v) is 13.2. The maximum absolute atomic E-state index is 14.0. The Bertz CT molecular complexity index is 1380. The molecule has 42 heavy (non-hydrogen) atoms. The summed E-state index contributed by atoms with van der Waals surface area (Å²) in [6.45, 7) is 5.13. The highest BCUT2D eigenvalue weighted by atomic mass is 16.5. The second kappa shape index (κ2) is 11.4. The highest BCUT2D eigenvalue weighted by Gasteiger charge is 2.65. The van der Waals surface area contributed by atoms with E-state index in [4.69, 9.17) is 4.74 Å². The van der Waals surface area contributed by atoms with Crippen LogP contribution in [0.3, 0.4) is 0 Å². The number of nitrogens with zero attached hydrogens (tertiary/aromatic N) is 2. The maximum atomic E-state index is 14.0. The van der Waals surface area contributed by atoms with Gasteiger partial charge in [-0.25, -0.2) is 0 Å². The quantitative estimate of drug-likeness (QED) is 0.261. The van der Waals surface area contributed by atoms with E-state index >= 15 is 0 Å². The Morgan fingerprint density at radius 1 is 1.12 bits per heavy atom. The zero-order valence-corrected chi connectivity index (χ0v) is 24.9. The summed E-state index contributed by atoms with van der Waals surface area (Å²) in [5.41, 5.74) is 5.25. The molecular formula is C35H42N2O5. The molecule has 222 valence electrons. The van der Waals surface area contributed by atoms with E-state index in [0.717, 1.165) is 51.6 Å². The van der Waals surface area contributed by atoms with Crippen LogP contribution in [0, 0.1) is 39.4 Å². The predicted octanol–water partition coefficient (Wildman–Crippen LogP) is 5.87. The Kier molecular flexibility index (Phi) is 7.87. The summed E-state index contributed by atoms with van der Waals surface area (Å²) in [5, 5.41) is 13.1. The fourth-order valence-electron chi connectivity index (χ4n) is 9.29. The molecule has 0 spiro atoms. The van der Waals surface area contributed by atoms with Crippen LogP contribution in [-0.4, -0.2) is 49.2 Å². The molecule has 0 radical (unpaired) electrons. The van der Waals surface area contributed by atoms with Crippen molar-refractivity contribution in [3.05, 3.63) is 57.5 Å². The number of nitroso groups, excluding NO2 is 1. The van der Waals surface area contributed by atoms with Crippen LogP contribution < -0.4 is 4.90 Å². The van der Waals surface area contributed by atoms with Crippen molar-refractivity contribution in [3.8, 4) is 11.8 Å². The SMILES string of the molecule is CC(=O)OCC(=O)[C@@]1(C#CCO)CC[C@H]2[C@@H]3CCC4=CC(N=O)CCC4=C3C(c3ccc(N4CCCC4)cc3)C[C@@]21C. The molecule has 7 heteroatoms. The lowest BCUT2D eigenvalue weighted by Gasteiger charge is -2.54. The summed E-state index contributed by atoms with van der Waals surface area (Å²) in [6, 6.07) is 8.81. The minimum Gasteiger partial charge on any atom is -0.458 e. The standard InChI is InChI=1S/C35H42N2O5/c1-23(39)42-22-32(40)35(15-5-19-38)16-14-31-29-12-8-25-20-26(36-41)9-13-28(25)33(29)30(21-34(31,35)2)24-6-10-27(11-7-24)37-17-3-4-18-37/h6-7,10-11,20,26,29-31,38H,3-4,8-9,12-14,16-19,21-22H2,1-2H3/t26?,29-,30?,31-,34-,35+/m0/s1. The number of benzene rings is 1. The zero-order valence-electron chi connectivity index (χ0n) is 24.9. The van der Waals surface area contributed by atoms with E-state index in [-0.39, 0.29) is 36.9 Å². The molecule has 5 aliphatic rings. The molecule has 1 aliphatic heterocycles. The van der Waals surface area contributed by atoms with E-state index in [0.29, 0.717) is 12.3 Å². The van der Waals surface area contributed by atoms with Crippen molar-refractivity contribution in [2.45, 2.75) is 83.6 Å².